The quantitative estimate of drug-likeness (QED) is 0.826. The van der Waals surface area contributed by atoms with Crippen molar-refractivity contribution >= 4 is 0 Å². The van der Waals surface area contributed by atoms with E-state index in [1.807, 2.05) is 0 Å². The van der Waals surface area contributed by atoms with Crippen molar-refractivity contribution in [1.29, 1.82) is 0 Å². The summed E-state index contributed by atoms with van der Waals surface area (Å²) in [5.74, 6) is 1.03. The molecule has 1 aromatic rings. The van der Waals surface area contributed by atoms with Gasteiger partial charge in [0.15, 0.2) is 0 Å². The maximum Gasteiger partial charge on any atom is 0.122 e. The van der Waals surface area contributed by atoms with Gasteiger partial charge in [-0.2, -0.15) is 0 Å². The van der Waals surface area contributed by atoms with Crippen LogP contribution in [0.25, 0.3) is 0 Å². The zero-order chi connectivity index (χ0) is 11.2. The van der Waals surface area contributed by atoms with Crippen LogP contribution in [-0.4, -0.2) is 16.8 Å². The van der Waals surface area contributed by atoms with E-state index < -0.39 is 5.60 Å². The minimum absolute atomic E-state index is 0.339. The van der Waals surface area contributed by atoms with Crippen LogP contribution in [0, 0.1) is 0 Å². The van der Waals surface area contributed by atoms with Gasteiger partial charge in [-0.25, -0.2) is 0 Å². The van der Waals surface area contributed by atoms with Crippen LogP contribution in [-0.2, 0) is 12.8 Å². The Balaban J connectivity index is 1.82. The van der Waals surface area contributed by atoms with Crippen molar-refractivity contribution in [2.75, 3.05) is 0 Å². The monoisotopic (exact) mass is 218 g/mol. The normalized spacial score (nSPS) is 25.8. The summed E-state index contributed by atoms with van der Waals surface area (Å²) in [5, 5.41) is 9.90. The molecule has 16 heavy (non-hydrogen) atoms. The molecule has 0 amide bonds. The minimum Gasteiger partial charge on any atom is -0.490 e. The van der Waals surface area contributed by atoms with Crippen LogP contribution < -0.4 is 4.74 Å². The number of ether oxygens (including phenoxy) is 1. The molecule has 0 bridgehead atoms. The first-order valence-corrected chi connectivity index (χ1v) is 6.15. The van der Waals surface area contributed by atoms with Gasteiger partial charge >= 0.3 is 0 Å². The van der Waals surface area contributed by atoms with Crippen molar-refractivity contribution < 1.29 is 9.84 Å². The molecule has 1 unspecified atom stereocenters. The van der Waals surface area contributed by atoms with Crippen LogP contribution >= 0.6 is 0 Å². The van der Waals surface area contributed by atoms with Gasteiger partial charge in [-0.3, -0.25) is 0 Å². The maximum atomic E-state index is 9.90. The van der Waals surface area contributed by atoms with Crippen LogP contribution in [0.1, 0.15) is 37.3 Å². The summed E-state index contributed by atoms with van der Waals surface area (Å²) in [4.78, 5) is 0. The summed E-state index contributed by atoms with van der Waals surface area (Å²) < 4.78 is 5.77. The van der Waals surface area contributed by atoms with Crippen LogP contribution in [0.5, 0.6) is 5.75 Å². The third-order valence-electron chi connectivity index (χ3n) is 3.63. The zero-order valence-corrected chi connectivity index (χ0v) is 9.70. The summed E-state index contributed by atoms with van der Waals surface area (Å²) in [6.45, 7) is 2.11. The number of hydrogen-bond acceptors (Lipinski definition) is 2. The molecule has 1 aliphatic carbocycles. The molecule has 0 saturated heterocycles. The Morgan fingerprint density at radius 1 is 1.44 bits per heavy atom. The lowest BCUT2D eigenvalue weighted by atomic mass is 9.98. The van der Waals surface area contributed by atoms with E-state index in [0.29, 0.717) is 6.10 Å². The molecule has 1 aliphatic heterocycles. The third kappa shape index (κ3) is 1.94. The number of rotatable bonds is 2. The maximum absolute atomic E-state index is 9.90. The van der Waals surface area contributed by atoms with Crippen molar-refractivity contribution in [3.63, 3.8) is 0 Å². The Morgan fingerprint density at radius 2 is 2.25 bits per heavy atom. The molecular weight excluding hydrogens is 200 g/mol. The smallest absolute Gasteiger partial charge is 0.122 e. The predicted octanol–water partition coefficient (Wildman–Crippen LogP) is 2.47. The lowest BCUT2D eigenvalue weighted by Gasteiger charge is -2.24. The summed E-state index contributed by atoms with van der Waals surface area (Å²) in [6.07, 6.45) is 5.25. The number of aliphatic hydroxyl groups is 1. The first-order valence-electron chi connectivity index (χ1n) is 6.15. The third-order valence-corrected chi connectivity index (χ3v) is 3.63. The van der Waals surface area contributed by atoms with Crippen LogP contribution in [0.4, 0.5) is 0 Å². The van der Waals surface area contributed by atoms with Crippen molar-refractivity contribution in [2.45, 2.75) is 50.7 Å². The molecule has 0 spiro atoms. The first kappa shape index (κ1) is 10.2. The minimum atomic E-state index is -0.392. The molecule has 1 N–H and O–H groups in total. The van der Waals surface area contributed by atoms with E-state index >= 15 is 0 Å². The summed E-state index contributed by atoms with van der Waals surface area (Å²) in [5.41, 5.74) is 2.16. The van der Waals surface area contributed by atoms with Crippen molar-refractivity contribution in [3.05, 3.63) is 29.3 Å². The van der Waals surface area contributed by atoms with Gasteiger partial charge in [0.1, 0.15) is 5.75 Å². The van der Waals surface area contributed by atoms with E-state index in [1.54, 1.807) is 0 Å². The molecule has 1 atom stereocenters. The van der Waals surface area contributed by atoms with Gasteiger partial charge < -0.3 is 9.84 Å². The number of aryl methyl sites for hydroxylation is 1. The van der Waals surface area contributed by atoms with Crippen molar-refractivity contribution in [2.24, 2.45) is 0 Å². The standard InChI is InChI=1S/C14H18O2/c1-10-2-4-12-8-11(3-5-13(12)16-10)9-14(15)6-7-14/h3,5,8,10,15H,2,4,6-7,9H2,1H3. The molecule has 2 aliphatic rings. The molecule has 86 valence electrons. The van der Waals surface area contributed by atoms with Crippen molar-refractivity contribution in [1.82, 2.24) is 0 Å². The SMILES string of the molecule is CC1CCc2cc(CC3(O)CC3)ccc2O1. The fourth-order valence-corrected chi connectivity index (χ4v) is 2.39. The molecule has 1 saturated carbocycles. The topological polar surface area (TPSA) is 29.5 Å². The second-order valence-electron chi connectivity index (χ2n) is 5.31. The lowest BCUT2D eigenvalue weighted by Crippen LogP contribution is -2.19. The predicted molar refractivity (Wildman–Crippen MR) is 62.7 cm³/mol. The Hall–Kier alpha value is -1.02. The van der Waals surface area contributed by atoms with E-state index in [2.05, 4.69) is 25.1 Å². The van der Waals surface area contributed by atoms with Gasteiger partial charge in [0.2, 0.25) is 0 Å². The average Bonchev–Trinajstić information content (AvgIpc) is 2.96. The van der Waals surface area contributed by atoms with E-state index in [1.165, 1.54) is 11.1 Å². The van der Waals surface area contributed by atoms with Crippen LogP contribution in [0.15, 0.2) is 18.2 Å². The molecular formula is C14H18O2. The number of fused-ring (bicyclic) bond motifs is 1. The first-order chi connectivity index (χ1) is 7.65. The number of hydrogen-bond donors (Lipinski definition) is 1. The van der Waals surface area contributed by atoms with E-state index in [9.17, 15) is 5.11 Å². The summed E-state index contributed by atoms with van der Waals surface area (Å²) >= 11 is 0. The molecule has 1 heterocycles. The molecule has 0 radical (unpaired) electrons. The molecule has 3 rings (SSSR count). The number of benzene rings is 1. The highest BCUT2D eigenvalue weighted by Crippen LogP contribution is 2.39. The largest absolute Gasteiger partial charge is 0.490 e. The Kier molecular flexibility index (Phi) is 2.21. The second kappa shape index (κ2) is 3.49. The van der Waals surface area contributed by atoms with Gasteiger partial charge in [0.05, 0.1) is 11.7 Å². The van der Waals surface area contributed by atoms with Crippen LogP contribution in [0.2, 0.25) is 0 Å². The van der Waals surface area contributed by atoms with Crippen molar-refractivity contribution in [3.8, 4) is 5.75 Å². The Bertz CT molecular complexity index is 407. The lowest BCUT2D eigenvalue weighted by molar-refractivity contribution is 0.150. The fraction of sp³-hybridized carbons (Fsp3) is 0.571. The summed E-state index contributed by atoms with van der Waals surface area (Å²) in [6, 6.07) is 6.36. The van der Waals surface area contributed by atoms with Gasteiger partial charge in [-0.05, 0) is 49.8 Å². The van der Waals surface area contributed by atoms with Gasteiger partial charge in [0, 0.05) is 6.42 Å². The second-order valence-corrected chi connectivity index (χ2v) is 5.31. The average molecular weight is 218 g/mol. The van der Waals surface area contributed by atoms with Crippen LogP contribution in [0.3, 0.4) is 0 Å². The van der Waals surface area contributed by atoms with E-state index in [4.69, 9.17) is 4.74 Å². The molecule has 1 aromatic carbocycles. The van der Waals surface area contributed by atoms with Gasteiger partial charge in [-0.1, -0.05) is 12.1 Å². The zero-order valence-electron chi connectivity index (χ0n) is 9.70. The molecule has 2 heteroatoms. The highest BCUT2D eigenvalue weighted by Gasteiger charge is 2.40. The molecule has 0 aromatic heterocycles. The Labute approximate surface area is 96.2 Å². The van der Waals surface area contributed by atoms with Gasteiger partial charge in [0.25, 0.3) is 0 Å². The molecule has 1 fully saturated rings. The Morgan fingerprint density at radius 3 is 3.00 bits per heavy atom. The molecule has 2 nitrogen and oxygen atoms in total. The van der Waals surface area contributed by atoms with Gasteiger partial charge in [-0.15, -0.1) is 0 Å². The fourth-order valence-electron chi connectivity index (χ4n) is 2.39. The summed E-state index contributed by atoms with van der Waals surface area (Å²) in [7, 11) is 0. The highest BCUT2D eigenvalue weighted by atomic mass is 16.5. The van der Waals surface area contributed by atoms with E-state index in [0.717, 1.165) is 37.9 Å². The van der Waals surface area contributed by atoms with E-state index in [-0.39, 0.29) is 0 Å². The highest BCUT2D eigenvalue weighted by molar-refractivity contribution is 5.39.